The summed E-state index contributed by atoms with van der Waals surface area (Å²) in [5.41, 5.74) is 0.651. The second kappa shape index (κ2) is 3.90. The third-order valence-corrected chi connectivity index (χ3v) is 2.44. The molecule has 0 spiro atoms. The Hall–Kier alpha value is -1.55. The summed E-state index contributed by atoms with van der Waals surface area (Å²) in [6, 6.07) is 0. The summed E-state index contributed by atoms with van der Waals surface area (Å²) in [6.07, 6.45) is 7.35. The molecule has 0 saturated heterocycles. The van der Waals surface area contributed by atoms with Crippen LogP contribution in [0.1, 0.15) is 17.9 Å². The summed E-state index contributed by atoms with van der Waals surface area (Å²) in [4.78, 5) is 14.5. The Morgan fingerprint density at radius 2 is 2.47 bits per heavy atom. The Kier molecular flexibility index (Phi) is 2.60. The van der Waals surface area contributed by atoms with E-state index in [1.165, 1.54) is 6.08 Å². The van der Waals surface area contributed by atoms with Crippen molar-refractivity contribution in [2.24, 2.45) is 0 Å². The van der Waals surface area contributed by atoms with Crippen molar-refractivity contribution in [3.63, 3.8) is 0 Å². The number of carbonyl (C=O) groups is 1. The van der Waals surface area contributed by atoms with Gasteiger partial charge >= 0.3 is 5.97 Å². The van der Waals surface area contributed by atoms with Crippen LogP contribution in [0.3, 0.4) is 0 Å². The fraction of sp³-hybridized carbons (Fsp3) is 0.200. The maximum Gasteiger partial charge on any atom is 0.328 e. The number of nitrogens with zero attached hydrogens (tertiary/aromatic N) is 2. The Bertz CT molecular complexity index is 460. The molecular formula is C10H9ClN2O2. The number of hydrogen-bond donors (Lipinski definition) is 1. The molecule has 1 aliphatic heterocycles. The molecule has 0 aliphatic carbocycles. The molecular weight excluding hydrogens is 216 g/mol. The molecule has 0 radical (unpaired) electrons. The van der Waals surface area contributed by atoms with Gasteiger partial charge in [0, 0.05) is 12.6 Å². The van der Waals surface area contributed by atoms with E-state index >= 15 is 0 Å². The lowest BCUT2D eigenvalue weighted by Gasteiger charge is -2.09. The minimum atomic E-state index is -0.993. The average molecular weight is 225 g/mol. The smallest absolute Gasteiger partial charge is 0.328 e. The van der Waals surface area contributed by atoms with Crippen molar-refractivity contribution in [1.82, 2.24) is 9.55 Å². The van der Waals surface area contributed by atoms with E-state index in [-0.39, 0.29) is 0 Å². The van der Waals surface area contributed by atoms with Crippen LogP contribution in [0.25, 0.3) is 12.2 Å². The number of aromatic nitrogens is 2. The third kappa shape index (κ3) is 1.94. The number of carboxylic acids is 1. The highest BCUT2D eigenvalue weighted by atomic mass is 35.5. The summed E-state index contributed by atoms with van der Waals surface area (Å²) in [6.45, 7) is 0.783. The van der Waals surface area contributed by atoms with Crippen molar-refractivity contribution >= 4 is 29.7 Å². The monoisotopic (exact) mass is 224 g/mol. The van der Waals surface area contributed by atoms with E-state index in [9.17, 15) is 4.79 Å². The molecule has 1 aromatic rings. The second-order valence-electron chi connectivity index (χ2n) is 3.16. The molecule has 0 fully saturated rings. The summed E-state index contributed by atoms with van der Waals surface area (Å²) < 4.78 is 1.90. The van der Waals surface area contributed by atoms with E-state index in [1.807, 2.05) is 16.7 Å². The van der Waals surface area contributed by atoms with Gasteiger partial charge in [-0.05, 0) is 18.6 Å². The van der Waals surface area contributed by atoms with E-state index in [0.717, 1.165) is 24.9 Å². The molecule has 15 heavy (non-hydrogen) atoms. The first-order chi connectivity index (χ1) is 7.18. The van der Waals surface area contributed by atoms with Crippen molar-refractivity contribution in [3.8, 4) is 0 Å². The van der Waals surface area contributed by atoms with E-state index in [2.05, 4.69) is 4.98 Å². The van der Waals surface area contributed by atoms with Crippen LogP contribution in [0.15, 0.2) is 12.2 Å². The number of fused-ring (bicyclic) bond motifs is 1. The molecule has 1 aromatic heterocycles. The van der Waals surface area contributed by atoms with Crippen molar-refractivity contribution < 1.29 is 9.90 Å². The van der Waals surface area contributed by atoms with Gasteiger partial charge in [-0.15, -0.1) is 0 Å². The lowest BCUT2D eigenvalue weighted by Crippen LogP contribution is -2.05. The number of rotatable bonds is 2. The number of imidazole rings is 1. The quantitative estimate of drug-likeness (QED) is 0.783. The highest BCUT2D eigenvalue weighted by Gasteiger charge is 2.13. The van der Waals surface area contributed by atoms with Gasteiger partial charge in [-0.3, -0.25) is 0 Å². The largest absolute Gasteiger partial charge is 0.478 e. The van der Waals surface area contributed by atoms with Gasteiger partial charge in [-0.2, -0.15) is 0 Å². The fourth-order valence-electron chi connectivity index (χ4n) is 1.52. The Morgan fingerprint density at radius 3 is 3.20 bits per heavy atom. The van der Waals surface area contributed by atoms with Crippen LogP contribution in [-0.2, 0) is 11.3 Å². The molecule has 78 valence electrons. The van der Waals surface area contributed by atoms with Crippen molar-refractivity contribution in [1.29, 1.82) is 0 Å². The number of hydrogen-bond acceptors (Lipinski definition) is 2. The first-order valence-electron chi connectivity index (χ1n) is 4.52. The number of halogens is 1. The number of carboxylic acid groups (broad SMARTS) is 1. The molecule has 5 heteroatoms. The highest BCUT2D eigenvalue weighted by molar-refractivity contribution is 6.30. The zero-order chi connectivity index (χ0) is 10.8. The van der Waals surface area contributed by atoms with E-state index in [4.69, 9.17) is 16.7 Å². The number of allylic oxidation sites excluding steroid dienone is 1. The van der Waals surface area contributed by atoms with Crippen LogP contribution >= 0.6 is 11.6 Å². The fourth-order valence-corrected chi connectivity index (χ4v) is 1.77. The summed E-state index contributed by atoms with van der Waals surface area (Å²) in [5, 5.41) is 8.88. The van der Waals surface area contributed by atoms with Crippen LogP contribution in [-0.4, -0.2) is 20.6 Å². The molecule has 0 saturated carbocycles. The second-order valence-corrected chi connectivity index (χ2v) is 3.52. The Morgan fingerprint density at radius 1 is 1.67 bits per heavy atom. The molecule has 0 amide bonds. The average Bonchev–Trinajstić information content (AvgIpc) is 2.50. The number of aliphatic carboxylic acids is 1. The van der Waals surface area contributed by atoms with Crippen LogP contribution in [0.5, 0.6) is 0 Å². The third-order valence-electron chi connectivity index (χ3n) is 2.16. The highest BCUT2D eigenvalue weighted by Crippen LogP contribution is 2.22. The first-order valence-corrected chi connectivity index (χ1v) is 4.90. The summed E-state index contributed by atoms with van der Waals surface area (Å²) in [7, 11) is 0. The molecule has 0 aromatic carbocycles. The minimum absolute atomic E-state index is 0.342. The molecule has 1 aliphatic rings. The van der Waals surface area contributed by atoms with Crippen LogP contribution in [0, 0.1) is 0 Å². The normalized spacial score (nSPS) is 14.5. The predicted octanol–water partition coefficient (Wildman–Crippen LogP) is 2.05. The van der Waals surface area contributed by atoms with Gasteiger partial charge in [0.25, 0.3) is 0 Å². The molecule has 1 N–H and O–H groups in total. The Labute approximate surface area is 91.5 Å². The lowest BCUT2D eigenvalue weighted by atomic mass is 10.3. The lowest BCUT2D eigenvalue weighted by molar-refractivity contribution is -0.131. The SMILES string of the molecule is O=C(O)/C=C/c1c(Cl)nc2n1CCC=C2. The topological polar surface area (TPSA) is 55.1 Å². The molecule has 0 bridgehead atoms. The van der Waals surface area contributed by atoms with Gasteiger partial charge in [-0.1, -0.05) is 17.7 Å². The van der Waals surface area contributed by atoms with Gasteiger partial charge in [-0.25, -0.2) is 9.78 Å². The Balaban J connectivity index is 2.43. The molecule has 2 rings (SSSR count). The van der Waals surface area contributed by atoms with Crippen molar-refractivity contribution in [3.05, 3.63) is 28.8 Å². The van der Waals surface area contributed by atoms with Gasteiger partial charge < -0.3 is 9.67 Å². The van der Waals surface area contributed by atoms with Crippen LogP contribution in [0.4, 0.5) is 0 Å². The van der Waals surface area contributed by atoms with Gasteiger partial charge in [0.1, 0.15) is 5.82 Å². The summed E-state index contributed by atoms with van der Waals surface area (Å²) in [5.74, 6) is -0.218. The summed E-state index contributed by atoms with van der Waals surface area (Å²) >= 11 is 5.91. The maximum absolute atomic E-state index is 10.4. The van der Waals surface area contributed by atoms with Crippen LogP contribution < -0.4 is 0 Å². The maximum atomic E-state index is 10.4. The standard InChI is InChI=1S/C10H9ClN2O2/c11-10-7(4-5-9(14)15)13-6-2-1-3-8(13)12-10/h1,3-5H,2,6H2,(H,14,15)/b5-4+. The van der Waals surface area contributed by atoms with Gasteiger partial charge in [0.2, 0.25) is 0 Å². The van der Waals surface area contributed by atoms with E-state index < -0.39 is 5.97 Å². The van der Waals surface area contributed by atoms with Crippen LogP contribution in [0.2, 0.25) is 5.15 Å². The minimum Gasteiger partial charge on any atom is -0.478 e. The predicted molar refractivity (Wildman–Crippen MR) is 57.6 cm³/mol. The molecule has 4 nitrogen and oxygen atoms in total. The van der Waals surface area contributed by atoms with Crippen molar-refractivity contribution in [2.45, 2.75) is 13.0 Å². The molecule has 0 unspecified atom stereocenters. The van der Waals surface area contributed by atoms with Crippen molar-refractivity contribution in [2.75, 3.05) is 0 Å². The van der Waals surface area contributed by atoms with Gasteiger partial charge in [0.05, 0.1) is 5.69 Å². The van der Waals surface area contributed by atoms with E-state index in [0.29, 0.717) is 10.8 Å². The van der Waals surface area contributed by atoms with Gasteiger partial charge in [0.15, 0.2) is 5.15 Å². The molecule has 0 atom stereocenters. The zero-order valence-electron chi connectivity index (χ0n) is 7.85. The molecule has 2 heterocycles. The first kappa shape index (κ1) is 9.98. The van der Waals surface area contributed by atoms with E-state index in [1.54, 1.807) is 0 Å². The zero-order valence-corrected chi connectivity index (χ0v) is 8.61.